The van der Waals surface area contributed by atoms with Crippen LogP contribution in [0.25, 0.3) is 0 Å². The normalized spacial score (nSPS) is 13.3. The highest BCUT2D eigenvalue weighted by Gasteiger charge is 2.30. The molecule has 118 valence electrons. The van der Waals surface area contributed by atoms with E-state index in [0.29, 0.717) is 0 Å². The molecule has 0 aromatic heterocycles. The second-order valence-corrected chi connectivity index (χ2v) is 5.83. The Balaban J connectivity index is 3.39. The van der Waals surface area contributed by atoms with Gasteiger partial charge in [-0.1, -0.05) is 0 Å². The lowest BCUT2D eigenvalue weighted by Gasteiger charge is -2.14. The summed E-state index contributed by atoms with van der Waals surface area (Å²) in [5, 5.41) is 8.51. The van der Waals surface area contributed by atoms with Gasteiger partial charge in [-0.25, -0.2) is 17.6 Å². The first kappa shape index (κ1) is 17.6. The zero-order valence-electron chi connectivity index (χ0n) is 10.2. The van der Waals surface area contributed by atoms with Crippen molar-refractivity contribution in [3.8, 4) is 0 Å². The van der Waals surface area contributed by atoms with Gasteiger partial charge in [-0.2, -0.15) is 0 Å². The van der Waals surface area contributed by atoms with E-state index in [1.165, 1.54) is 0 Å². The molecule has 11 heteroatoms. The summed E-state index contributed by atoms with van der Waals surface area (Å²) >= 11 is 0. The average molecular weight is 331 g/mol. The summed E-state index contributed by atoms with van der Waals surface area (Å²) in [4.78, 5) is 27.7. The van der Waals surface area contributed by atoms with E-state index in [-0.39, 0.29) is 0 Å². The number of nitrogens with two attached hydrogens (primary N) is 1. The average Bonchev–Trinajstić information content (AvgIpc) is 2.36. The molecule has 1 aromatic rings. The first-order valence-corrected chi connectivity index (χ1v) is 7.12. The predicted molar refractivity (Wildman–Crippen MR) is 61.3 cm³/mol. The van der Waals surface area contributed by atoms with Crippen molar-refractivity contribution in [2.24, 2.45) is 5.73 Å². The molecular formula is C10H10F4NO5P. The number of halogens is 4. The van der Waals surface area contributed by atoms with Gasteiger partial charge in [0.25, 0.3) is 0 Å². The minimum Gasteiger partial charge on any atom is -0.480 e. The van der Waals surface area contributed by atoms with Crippen LogP contribution in [-0.4, -0.2) is 26.9 Å². The summed E-state index contributed by atoms with van der Waals surface area (Å²) in [6.45, 7) is 0. The zero-order chi connectivity index (χ0) is 16.5. The molecule has 1 atom stereocenters. The first-order valence-electron chi connectivity index (χ1n) is 5.32. The summed E-state index contributed by atoms with van der Waals surface area (Å²) in [7, 11) is -4.97. The van der Waals surface area contributed by atoms with Crippen molar-refractivity contribution in [1.29, 1.82) is 0 Å². The fraction of sp³-hybridized carbons (Fsp3) is 0.300. The summed E-state index contributed by atoms with van der Waals surface area (Å²) in [5.74, 6) is -9.51. The maximum atomic E-state index is 13.6. The second kappa shape index (κ2) is 6.10. The quantitative estimate of drug-likeness (QED) is 0.361. The molecule has 0 saturated carbocycles. The predicted octanol–water partition coefficient (Wildman–Crippen LogP) is 0.875. The van der Waals surface area contributed by atoms with Crippen LogP contribution in [0.5, 0.6) is 0 Å². The number of carboxylic acids is 1. The van der Waals surface area contributed by atoms with Crippen molar-refractivity contribution in [2.75, 3.05) is 0 Å². The van der Waals surface area contributed by atoms with E-state index in [2.05, 4.69) is 0 Å². The van der Waals surface area contributed by atoms with Crippen LogP contribution in [0.1, 0.15) is 11.1 Å². The van der Waals surface area contributed by atoms with E-state index in [0.717, 1.165) is 0 Å². The Kier molecular flexibility index (Phi) is 5.11. The van der Waals surface area contributed by atoms with Gasteiger partial charge in [-0.15, -0.1) is 0 Å². The maximum Gasteiger partial charge on any atom is 0.330 e. The number of benzene rings is 1. The van der Waals surface area contributed by atoms with Crippen molar-refractivity contribution in [3.05, 3.63) is 34.4 Å². The van der Waals surface area contributed by atoms with Crippen LogP contribution in [0.2, 0.25) is 0 Å². The van der Waals surface area contributed by atoms with Crippen LogP contribution in [0.3, 0.4) is 0 Å². The lowest BCUT2D eigenvalue weighted by atomic mass is 10.0. The highest BCUT2D eigenvalue weighted by atomic mass is 31.2. The molecule has 5 N–H and O–H groups in total. The van der Waals surface area contributed by atoms with Crippen molar-refractivity contribution in [2.45, 2.75) is 18.6 Å². The number of aliphatic carboxylic acids is 1. The largest absolute Gasteiger partial charge is 0.480 e. The van der Waals surface area contributed by atoms with Crippen molar-refractivity contribution in [3.63, 3.8) is 0 Å². The number of hydrogen-bond donors (Lipinski definition) is 4. The molecule has 0 amide bonds. The van der Waals surface area contributed by atoms with Crippen LogP contribution >= 0.6 is 7.60 Å². The van der Waals surface area contributed by atoms with Crippen LogP contribution in [0.4, 0.5) is 17.6 Å². The van der Waals surface area contributed by atoms with Crippen LogP contribution in [-0.2, 0) is 21.9 Å². The maximum absolute atomic E-state index is 13.6. The van der Waals surface area contributed by atoms with E-state index < -0.39 is 66.6 Å². The Morgan fingerprint density at radius 3 is 1.76 bits per heavy atom. The minimum absolute atomic E-state index is 1.03. The van der Waals surface area contributed by atoms with Crippen LogP contribution in [0.15, 0.2) is 0 Å². The topological polar surface area (TPSA) is 121 Å². The van der Waals surface area contributed by atoms with Crippen molar-refractivity contribution in [1.82, 2.24) is 0 Å². The number of hydrogen-bond acceptors (Lipinski definition) is 3. The van der Waals surface area contributed by atoms with Gasteiger partial charge in [-0.3, -0.25) is 9.36 Å². The van der Waals surface area contributed by atoms with E-state index >= 15 is 0 Å². The summed E-state index contributed by atoms with van der Waals surface area (Å²) in [5.41, 5.74) is 2.33. The Hall–Kier alpha value is -1.48. The molecule has 0 aliphatic carbocycles. The highest BCUT2D eigenvalue weighted by Crippen LogP contribution is 2.41. The van der Waals surface area contributed by atoms with Gasteiger partial charge in [0.05, 0.1) is 6.16 Å². The van der Waals surface area contributed by atoms with Crippen LogP contribution in [0, 0.1) is 23.3 Å². The molecular weight excluding hydrogens is 321 g/mol. The van der Waals surface area contributed by atoms with Gasteiger partial charge >= 0.3 is 13.6 Å². The van der Waals surface area contributed by atoms with Gasteiger partial charge in [0, 0.05) is 17.5 Å². The standard InChI is InChI=1S/C10H10F4NO5P/c11-6-3(1-5(15)10(16)17)7(12)9(14)4(8(6)13)2-21(18,19)20/h5H,1-2,15H2,(H,16,17)(H2,18,19,20)/t5-/m0/s1. The van der Waals surface area contributed by atoms with E-state index in [9.17, 15) is 26.9 Å². The molecule has 0 radical (unpaired) electrons. The van der Waals surface area contributed by atoms with Crippen molar-refractivity contribution >= 4 is 13.6 Å². The molecule has 0 unspecified atom stereocenters. The second-order valence-electron chi connectivity index (χ2n) is 4.18. The van der Waals surface area contributed by atoms with E-state index in [1.54, 1.807) is 0 Å². The van der Waals surface area contributed by atoms with Gasteiger partial charge < -0.3 is 20.6 Å². The summed E-state index contributed by atoms with van der Waals surface area (Å²) < 4.78 is 65.1. The van der Waals surface area contributed by atoms with Gasteiger partial charge in [0.1, 0.15) is 6.04 Å². The Bertz CT molecular complexity index is 603. The number of rotatable bonds is 5. The Morgan fingerprint density at radius 2 is 1.43 bits per heavy atom. The third kappa shape index (κ3) is 4.01. The van der Waals surface area contributed by atoms with Crippen LogP contribution < -0.4 is 5.73 Å². The van der Waals surface area contributed by atoms with E-state index in [1.807, 2.05) is 0 Å². The molecule has 0 spiro atoms. The monoisotopic (exact) mass is 331 g/mol. The Morgan fingerprint density at radius 1 is 1.05 bits per heavy atom. The van der Waals surface area contributed by atoms with E-state index in [4.69, 9.17) is 20.6 Å². The molecule has 1 rings (SSSR count). The SMILES string of the molecule is N[C@@H](Cc1c(F)c(F)c(CP(=O)(O)O)c(F)c1F)C(=O)O. The lowest BCUT2D eigenvalue weighted by molar-refractivity contribution is -0.138. The number of carboxylic acid groups (broad SMARTS) is 1. The Labute approximate surface area is 115 Å². The summed E-state index contributed by atoms with van der Waals surface area (Å²) in [6, 6.07) is -1.81. The smallest absolute Gasteiger partial charge is 0.330 e. The first-order chi connectivity index (χ1) is 9.45. The molecule has 6 nitrogen and oxygen atoms in total. The third-order valence-electron chi connectivity index (χ3n) is 2.55. The number of carbonyl (C=O) groups is 1. The van der Waals surface area contributed by atoms with Crippen molar-refractivity contribution < 1.29 is 41.8 Å². The summed E-state index contributed by atoms with van der Waals surface area (Å²) in [6.07, 6.45) is -2.57. The fourth-order valence-corrected chi connectivity index (χ4v) is 2.24. The highest BCUT2D eigenvalue weighted by molar-refractivity contribution is 7.50. The molecule has 21 heavy (non-hydrogen) atoms. The zero-order valence-corrected chi connectivity index (χ0v) is 11.1. The third-order valence-corrected chi connectivity index (χ3v) is 3.28. The molecule has 0 fully saturated rings. The molecule has 0 heterocycles. The van der Waals surface area contributed by atoms with Gasteiger partial charge in [0.15, 0.2) is 23.3 Å². The lowest BCUT2D eigenvalue weighted by Crippen LogP contribution is -2.33. The van der Waals surface area contributed by atoms with Gasteiger partial charge in [-0.05, 0) is 0 Å². The van der Waals surface area contributed by atoms with Gasteiger partial charge in [0.2, 0.25) is 0 Å². The molecule has 0 aliphatic heterocycles. The molecule has 0 bridgehead atoms. The molecule has 0 saturated heterocycles. The minimum atomic E-state index is -4.97. The fourth-order valence-electron chi connectivity index (χ4n) is 1.55. The molecule has 1 aromatic carbocycles. The molecule has 0 aliphatic rings.